The van der Waals surface area contributed by atoms with Crippen LogP contribution in [0.4, 0.5) is 8.78 Å². The van der Waals surface area contributed by atoms with Crippen LogP contribution in [-0.2, 0) is 7.05 Å². The van der Waals surface area contributed by atoms with Crippen molar-refractivity contribution >= 4 is 22.1 Å². The minimum absolute atomic E-state index is 0.0334. The standard InChI is InChI=1S/C25H22F2N3O/c1-14(2)16-7-5-6-8-20(16)30-10-9-29(4)25(30)17-12-21-18(11-15(17)3)23-19(26)13-22(27)28-24(23)31-21/h5-14H,1-4H3/q+1. The van der Waals surface area contributed by atoms with E-state index in [4.69, 9.17) is 4.42 Å². The lowest BCUT2D eigenvalue weighted by Crippen LogP contribution is -2.29. The second-order valence-corrected chi connectivity index (χ2v) is 8.19. The monoisotopic (exact) mass is 418 g/mol. The van der Waals surface area contributed by atoms with Gasteiger partial charge in [0, 0.05) is 17.0 Å². The van der Waals surface area contributed by atoms with E-state index in [0.29, 0.717) is 16.9 Å². The molecular weight excluding hydrogens is 396 g/mol. The third-order valence-electron chi connectivity index (χ3n) is 5.77. The normalized spacial score (nSPS) is 11.8. The Morgan fingerprint density at radius 3 is 2.65 bits per heavy atom. The SMILES string of the molecule is Cc1cc2c(cc1-c1n(-c3ccccc3C(C)C)cc[n+]1C)oc1nc(F)cc(F)c12. The zero-order valence-electron chi connectivity index (χ0n) is 17.8. The molecule has 0 N–H and O–H groups in total. The lowest BCUT2D eigenvalue weighted by atomic mass is 10.00. The number of aryl methyl sites for hydroxylation is 2. The Kier molecular flexibility index (Phi) is 4.39. The first kappa shape index (κ1) is 19.4. The van der Waals surface area contributed by atoms with E-state index in [-0.39, 0.29) is 11.1 Å². The van der Waals surface area contributed by atoms with Gasteiger partial charge in [0.25, 0.3) is 5.82 Å². The molecule has 2 aromatic carbocycles. The second kappa shape index (κ2) is 7.01. The number of pyridine rings is 1. The molecule has 4 nitrogen and oxygen atoms in total. The molecule has 0 fully saturated rings. The molecule has 5 rings (SSSR count). The maximum atomic E-state index is 14.4. The van der Waals surface area contributed by atoms with Crippen LogP contribution in [0.1, 0.15) is 30.9 Å². The van der Waals surface area contributed by atoms with E-state index in [0.717, 1.165) is 28.7 Å². The number of nitrogens with zero attached hydrogens (tertiary/aromatic N) is 3. The number of imidazole rings is 1. The maximum absolute atomic E-state index is 14.4. The topological polar surface area (TPSA) is 34.8 Å². The van der Waals surface area contributed by atoms with E-state index >= 15 is 0 Å². The van der Waals surface area contributed by atoms with Gasteiger partial charge in [-0.3, -0.25) is 0 Å². The van der Waals surface area contributed by atoms with Gasteiger partial charge < -0.3 is 4.42 Å². The molecule has 0 aliphatic rings. The highest BCUT2D eigenvalue weighted by atomic mass is 19.1. The zero-order valence-corrected chi connectivity index (χ0v) is 17.8. The van der Waals surface area contributed by atoms with Crippen LogP contribution in [0.5, 0.6) is 0 Å². The quantitative estimate of drug-likeness (QED) is 0.267. The van der Waals surface area contributed by atoms with Crippen molar-refractivity contribution in [2.75, 3.05) is 0 Å². The van der Waals surface area contributed by atoms with Crippen molar-refractivity contribution in [2.24, 2.45) is 7.05 Å². The second-order valence-electron chi connectivity index (χ2n) is 8.19. The number of para-hydroxylation sites is 1. The average Bonchev–Trinajstić information content (AvgIpc) is 3.27. The Labute approximate surface area is 178 Å². The summed E-state index contributed by atoms with van der Waals surface area (Å²) >= 11 is 0. The Balaban J connectivity index is 1.78. The molecule has 0 aliphatic carbocycles. The largest absolute Gasteiger partial charge is 0.437 e. The summed E-state index contributed by atoms with van der Waals surface area (Å²) in [5, 5.41) is 0.792. The molecular formula is C25H22F2N3O+. The van der Waals surface area contributed by atoms with Crippen molar-refractivity contribution in [1.82, 2.24) is 9.55 Å². The molecule has 6 heteroatoms. The fourth-order valence-corrected chi connectivity index (χ4v) is 4.28. The predicted octanol–water partition coefficient (Wildman–Crippen LogP) is 5.97. The molecule has 0 aliphatic heterocycles. The van der Waals surface area contributed by atoms with Gasteiger partial charge in [-0.15, -0.1) is 0 Å². The summed E-state index contributed by atoms with van der Waals surface area (Å²) in [6, 6.07) is 12.9. The third-order valence-corrected chi connectivity index (χ3v) is 5.77. The summed E-state index contributed by atoms with van der Waals surface area (Å²) in [4.78, 5) is 3.73. The zero-order chi connectivity index (χ0) is 21.9. The summed E-state index contributed by atoms with van der Waals surface area (Å²) in [5.41, 5.74) is 4.68. The summed E-state index contributed by atoms with van der Waals surface area (Å²) in [7, 11) is 1.99. The highest BCUT2D eigenvalue weighted by molar-refractivity contribution is 6.05. The van der Waals surface area contributed by atoms with Gasteiger partial charge in [-0.25, -0.2) is 8.96 Å². The van der Waals surface area contributed by atoms with Gasteiger partial charge in [0.1, 0.15) is 29.5 Å². The molecule has 5 aromatic rings. The molecule has 3 aromatic heterocycles. The summed E-state index contributed by atoms with van der Waals surface area (Å²) in [6.45, 7) is 6.33. The number of hydrogen-bond acceptors (Lipinski definition) is 2. The molecule has 0 spiro atoms. The number of furan rings is 1. The van der Waals surface area contributed by atoms with Crippen LogP contribution in [0.3, 0.4) is 0 Å². The molecule has 31 heavy (non-hydrogen) atoms. The molecule has 0 unspecified atom stereocenters. The lowest BCUT2D eigenvalue weighted by Gasteiger charge is -2.12. The minimum atomic E-state index is -0.897. The molecule has 156 valence electrons. The van der Waals surface area contributed by atoms with Gasteiger partial charge in [0.15, 0.2) is 0 Å². The van der Waals surface area contributed by atoms with E-state index in [9.17, 15) is 8.78 Å². The first-order valence-electron chi connectivity index (χ1n) is 10.2. The van der Waals surface area contributed by atoms with Crippen LogP contribution in [0.25, 0.3) is 39.1 Å². The fourth-order valence-electron chi connectivity index (χ4n) is 4.28. The molecule has 3 heterocycles. The summed E-state index contributed by atoms with van der Waals surface area (Å²) in [5.74, 6) is -0.244. The molecule has 0 radical (unpaired) electrons. The number of aromatic nitrogens is 3. The van der Waals surface area contributed by atoms with Gasteiger partial charge in [0.05, 0.1) is 18.0 Å². The Morgan fingerprint density at radius 2 is 1.87 bits per heavy atom. The third kappa shape index (κ3) is 3.02. The van der Waals surface area contributed by atoms with Gasteiger partial charge in [-0.1, -0.05) is 32.0 Å². The molecule has 0 amide bonds. The van der Waals surface area contributed by atoms with Crippen LogP contribution in [0.2, 0.25) is 0 Å². The number of benzene rings is 2. The minimum Gasteiger partial charge on any atom is -0.437 e. The first-order valence-corrected chi connectivity index (χ1v) is 10.2. The van der Waals surface area contributed by atoms with Gasteiger partial charge in [-0.05, 0) is 36.6 Å². The van der Waals surface area contributed by atoms with Gasteiger partial charge >= 0.3 is 0 Å². The van der Waals surface area contributed by atoms with E-state index in [1.807, 2.05) is 55.2 Å². The first-order chi connectivity index (χ1) is 14.8. The Morgan fingerprint density at radius 1 is 1.10 bits per heavy atom. The Hall–Kier alpha value is -3.54. The van der Waals surface area contributed by atoms with Crippen LogP contribution < -0.4 is 4.57 Å². The predicted molar refractivity (Wildman–Crippen MR) is 116 cm³/mol. The average molecular weight is 418 g/mol. The van der Waals surface area contributed by atoms with Crippen molar-refractivity contribution < 1.29 is 17.8 Å². The smallest absolute Gasteiger partial charge is 0.294 e. The van der Waals surface area contributed by atoms with Crippen molar-refractivity contribution in [3.05, 3.63) is 77.8 Å². The Bertz CT molecular complexity index is 1460. The highest BCUT2D eigenvalue weighted by Crippen LogP contribution is 2.35. The number of fused-ring (bicyclic) bond motifs is 3. The number of halogens is 2. The summed E-state index contributed by atoms with van der Waals surface area (Å²) in [6.07, 6.45) is 4.04. The van der Waals surface area contributed by atoms with Crippen molar-refractivity contribution in [3.8, 4) is 17.1 Å². The van der Waals surface area contributed by atoms with E-state index in [1.165, 1.54) is 5.56 Å². The maximum Gasteiger partial charge on any atom is 0.294 e. The van der Waals surface area contributed by atoms with Gasteiger partial charge in [-0.2, -0.15) is 13.9 Å². The number of rotatable bonds is 3. The number of hydrogen-bond donors (Lipinski definition) is 0. The molecule has 0 saturated heterocycles. The lowest BCUT2D eigenvalue weighted by molar-refractivity contribution is -0.659. The van der Waals surface area contributed by atoms with E-state index in [2.05, 4.69) is 35.5 Å². The fraction of sp³-hybridized carbons (Fsp3) is 0.200. The van der Waals surface area contributed by atoms with E-state index in [1.54, 1.807) is 0 Å². The van der Waals surface area contributed by atoms with Crippen molar-refractivity contribution in [2.45, 2.75) is 26.7 Å². The molecule has 0 atom stereocenters. The van der Waals surface area contributed by atoms with Crippen LogP contribution in [-0.4, -0.2) is 9.55 Å². The molecule has 0 saturated carbocycles. The van der Waals surface area contributed by atoms with Crippen LogP contribution in [0, 0.1) is 18.7 Å². The van der Waals surface area contributed by atoms with Crippen molar-refractivity contribution in [3.63, 3.8) is 0 Å². The highest BCUT2D eigenvalue weighted by Gasteiger charge is 2.25. The van der Waals surface area contributed by atoms with Crippen LogP contribution in [0.15, 0.2) is 59.3 Å². The van der Waals surface area contributed by atoms with Gasteiger partial charge in [0.2, 0.25) is 11.7 Å². The van der Waals surface area contributed by atoms with Crippen LogP contribution >= 0.6 is 0 Å². The van der Waals surface area contributed by atoms with Crippen molar-refractivity contribution in [1.29, 1.82) is 0 Å². The summed E-state index contributed by atoms with van der Waals surface area (Å²) < 4.78 is 38.0. The van der Waals surface area contributed by atoms with E-state index < -0.39 is 11.8 Å². The molecule has 0 bridgehead atoms.